The quantitative estimate of drug-likeness (QED) is 0.797. The Hall–Kier alpha value is -2.46. The number of hydrogen-bond donors (Lipinski definition) is 1. The van der Waals surface area contributed by atoms with Crippen LogP contribution >= 0.6 is 0 Å². The Kier molecular flexibility index (Phi) is 3.79. The first-order valence-corrected chi connectivity index (χ1v) is 6.89. The lowest BCUT2D eigenvalue weighted by molar-refractivity contribution is 0.220. The van der Waals surface area contributed by atoms with Gasteiger partial charge in [0.25, 0.3) is 0 Å². The van der Waals surface area contributed by atoms with Gasteiger partial charge in [-0.1, -0.05) is 24.3 Å². The normalized spacial score (nSPS) is 12.3. The van der Waals surface area contributed by atoms with Crippen LogP contribution in [0.3, 0.4) is 0 Å². The topological polar surface area (TPSA) is 55.2 Å². The minimum Gasteiger partial charge on any atom is -0.492 e. The highest BCUT2D eigenvalue weighted by Gasteiger charge is 2.15. The lowest BCUT2D eigenvalue weighted by atomic mass is 10.00. The van der Waals surface area contributed by atoms with Gasteiger partial charge in [0.15, 0.2) is 0 Å². The summed E-state index contributed by atoms with van der Waals surface area (Å²) in [6.07, 6.45) is 4.24. The molecule has 0 bridgehead atoms. The van der Waals surface area contributed by atoms with Crippen LogP contribution in [0.2, 0.25) is 0 Å². The molecule has 2 heterocycles. The van der Waals surface area contributed by atoms with Gasteiger partial charge < -0.3 is 9.84 Å². The number of nitrogens with zero attached hydrogens (tertiary/aromatic N) is 2. The summed E-state index contributed by atoms with van der Waals surface area (Å²) < 4.78 is 5.43. The van der Waals surface area contributed by atoms with Gasteiger partial charge in [-0.3, -0.25) is 9.97 Å². The Morgan fingerprint density at radius 3 is 2.90 bits per heavy atom. The zero-order valence-electron chi connectivity index (χ0n) is 11.7. The van der Waals surface area contributed by atoms with Crippen molar-refractivity contribution in [1.82, 2.24) is 9.97 Å². The van der Waals surface area contributed by atoms with Crippen LogP contribution in [0.4, 0.5) is 0 Å². The van der Waals surface area contributed by atoms with E-state index in [1.165, 1.54) is 0 Å². The monoisotopic (exact) mass is 280 g/mol. The second-order valence-corrected chi connectivity index (χ2v) is 4.71. The van der Waals surface area contributed by atoms with Crippen molar-refractivity contribution >= 4 is 10.9 Å². The van der Waals surface area contributed by atoms with Crippen molar-refractivity contribution < 1.29 is 9.84 Å². The Morgan fingerprint density at radius 2 is 2.05 bits per heavy atom. The van der Waals surface area contributed by atoms with Gasteiger partial charge in [0.1, 0.15) is 11.9 Å². The van der Waals surface area contributed by atoms with Gasteiger partial charge in [0.05, 0.1) is 18.3 Å². The van der Waals surface area contributed by atoms with E-state index < -0.39 is 6.10 Å². The number of benzene rings is 1. The summed E-state index contributed by atoms with van der Waals surface area (Å²) in [6.45, 7) is 2.48. The third-order valence-electron chi connectivity index (χ3n) is 3.32. The number of hydrogen-bond acceptors (Lipinski definition) is 4. The van der Waals surface area contributed by atoms with Crippen LogP contribution in [0.5, 0.6) is 5.75 Å². The highest BCUT2D eigenvalue weighted by Crippen LogP contribution is 2.28. The van der Waals surface area contributed by atoms with Crippen LogP contribution in [-0.2, 0) is 0 Å². The van der Waals surface area contributed by atoms with E-state index in [9.17, 15) is 5.11 Å². The molecule has 0 amide bonds. The molecule has 3 aromatic rings. The summed E-state index contributed by atoms with van der Waals surface area (Å²) in [5, 5.41) is 11.6. The number of para-hydroxylation sites is 1. The summed E-state index contributed by atoms with van der Waals surface area (Å²) in [5.41, 5.74) is 2.26. The maximum Gasteiger partial charge on any atom is 0.137 e. The molecule has 0 aliphatic heterocycles. The van der Waals surface area contributed by atoms with E-state index in [4.69, 9.17) is 4.74 Å². The van der Waals surface area contributed by atoms with E-state index >= 15 is 0 Å². The highest BCUT2D eigenvalue weighted by molar-refractivity contribution is 5.82. The Morgan fingerprint density at radius 1 is 1.19 bits per heavy atom. The number of pyridine rings is 2. The molecule has 0 radical (unpaired) electrons. The molecule has 1 N–H and O–H groups in total. The molecule has 0 aliphatic rings. The summed E-state index contributed by atoms with van der Waals surface area (Å²) in [5.74, 6) is 0.655. The fourth-order valence-electron chi connectivity index (χ4n) is 2.36. The Balaban J connectivity index is 2.04. The van der Waals surface area contributed by atoms with Gasteiger partial charge in [-0.05, 0) is 19.1 Å². The molecule has 0 saturated heterocycles. The summed E-state index contributed by atoms with van der Waals surface area (Å²) in [4.78, 5) is 8.50. The zero-order chi connectivity index (χ0) is 14.7. The van der Waals surface area contributed by atoms with E-state index in [1.807, 2.05) is 43.3 Å². The average molecular weight is 280 g/mol. The molecule has 0 aliphatic carbocycles. The molecule has 0 saturated carbocycles. The van der Waals surface area contributed by atoms with E-state index in [-0.39, 0.29) is 0 Å². The molecule has 2 aromatic heterocycles. The van der Waals surface area contributed by atoms with E-state index in [1.54, 1.807) is 18.6 Å². The zero-order valence-corrected chi connectivity index (χ0v) is 11.7. The second kappa shape index (κ2) is 5.89. The predicted octanol–water partition coefficient (Wildman–Crippen LogP) is 3.11. The molecule has 1 unspecified atom stereocenters. The van der Waals surface area contributed by atoms with Gasteiger partial charge in [-0.25, -0.2) is 0 Å². The Labute approximate surface area is 123 Å². The average Bonchev–Trinajstić information content (AvgIpc) is 2.54. The lowest BCUT2D eigenvalue weighted by Gasteiger charge is -2.14. The number of fused-ring (bicyclic) bond motifs is 1. The number of aliphatic hydroxyl groups is 1. The molecule has 106 valence electrons. The largest absolute Gasteiger partial charge is 0.492 e. The van der Waals surface area contributed by atoms with Gasteiger partial charge in [0, 0.05) is 28.9 Å². The SMILES string of the molecule is CCOc1cncc(C(O)c2cccc3cccnc23)c1. The molecule has 3 rings (SSSR count). The van der Waals surface area contributed by atoms with Crippen molar-refractivity contribution in [2.75, 3.05) is 6.61 Å². The summed E-state index contributed by atoms with van der Waals surface area (Å²) in [6, 6.07) is 11.5. The molecule has 1 atom stereocenters. The molecular weight excluding hydrogens is 264 g/mol. The number of aromatic nitrogens is 2. The Bertz CT molecular complexity index is 753. The van der Waals surface area contributed by atoms with Crippen LogP contribution in [0, 0.1) is 0 Å². The molecule has 21 heavy (non-hydrogen) atoms. The first kappa shape index (κ1) is 13.5. The van der Waals surface area contributed by atoms with Gasteiger partial charge in [0.2, 0.25) is 0 Å². The fourth-order valence-corrected chi connectivity index (χ4v) is 2.36. The molecular formula is C17H16N2O2. The first-order chi connectivity index (χ1) is 10.3. The van der Waals surface area contributed by atoms with Crippen LogP contribution in [-0.4, -0.2) is 21.7 Å². The molecule has 4 nitrogen and oxygen atoms in total. The molecule has 1 aromatic carbocycles. The van der Waals surface area contributed by atoms with Crippen molar-refractivity contribution in [1.29, 1.82) is 0 Å². The third kappa shape index (κ3) is 2.71. The summed E-state index contributed by atoms with van der Waals surface area (Å²) in [7, 11) is 0. The second-order valence-electron chi connectivity index (χ2n) is 4.71. The maximum atomic E-state index is 10.6. The molecule has 0 spiro atoms. The summed E-state index contributed by atoms with van der Waals surface area (Å²) >= 11 is 0. The minimum absolute atomic E-state index is 0.567. The highest BCUT2D eigenvalue weighted by atomic mass is 16.5. The first-order valence-electron chi connectivity index (χ1n) is 6.89. The van der Waals surface area contributed by atoms with Crippen LogP contribution in [0.15, 0.2) is 55.0 Å². The lowest BCUT2D eigenvalue weighted by Crippen LogP contribution is -2.03. The minimum atomic E-state index is -0.781. The van der Waals surface area contributed by atoms with Crippen molar-refractivity contribution in [3.63, 3.8) is 0 Å². The van der Waals surface area contributed by atoms with Gasteiger partial charge >= 0.3 is 0 Å². The third-order valence-corrected chi connectivity index (χ3v) is 3.32. The number of aliphatic hydroxyl groups excluding tert-OH is 1. The van der Waals surface area contributed by atoms with E-state index in [0.717, 1.165) is 16.5 Å². The fraction of sp³-hybridized carbons (Fsp3) is 0.176. The molecule has 0 fully saturated rings. The number of ether oxygens (including phenoxy) is 1. The van der Waals surface area contributed by atoms with Crippen molar-refractivity contribution in [3.05, 3.63) is 66.1 Å². The van der Waals surface area contributed by atoms with Crippen LogP contribution < -0.4 is 4.74 Å². The predicted molar refractivity (Wildman–Crippen MR) is 81.2 cm³/mol. The smallest absolute Gasteiger partial charge is 0.137 e. The van der Waals surface area contributed by atoms with Gasteiger partial charge in [-0.2, -0.15) is 0 Å². The van der Waals surface area contributed by atoms with Crippen molar-refractivity contribution in [2.45, 2.75) is 13.0 Å². The van der Waals surface area contributed by atoms with Gasteiger partial charge in [-0.15, -0.1) is 0 Å². The molecule has 4 heteroatoms. The van der Waals surface area contributed by atoms with Crippen molar-refractivity contribution in [2.24, 2.45) is 0 Å². The van der Waals surface area contributed by atoms with Crippen LogP contribution in [0.25, 0.3) is 10.9 Å². The van der Waals surface area contributed by atoms with Crippen LogP contribution in [0.1, 0.15) is 24.2 Å². The van der Waals surface area contributed by atoms with E-state index in [0.29, 0.717) is 17.9 Å². The van der Waals surface area contributed by atoms with Crippen molar-refractivity contribution in [3.8, 4) is 5.75 Å². The van der Waals surface area contributed by atoms with E-state index in [2.05, 4.69) is 9.97 Å². The standard InChI is InChI=1S/C17H16N2O2/c1-2-21-14-9-13(10-18-11-14)17(20)15-7-3-5-12-6-4-8-19-16(12)15/h3-11,17,20H,2H2,1H3. The maximum absolute atomic E-state index is 10.6. The number of rotatable bonds is 4.